The molecule has 0 aliphatic heterocycles. The molecule has 2 aromatic rings. The van der Waals surface area contributed by atoms with Gasteiger partial charge in [0.1, 0.15) is 5.75 Å². The molecule has 0 heterocycles. The molecule has 3 N–H and O–H groups in total. The molecular formula is C21H27N3O2S. The molecular weight excluding hydrogens is 358 g/mol. The van der Waals surface area contributed by atoms with E-state index < -0.39 is 0 Å². The van der Waals surface area contributed by atoms with E-state index in [1.54, 1.807) is 0 Å². The highest BCUT2D eigenvalue weighted by molar-refractivity contribution is 7.80. The van der Waals surface area contributed by atoms with Crippen LogP contribution in [0, 0.1) is 6.92 Å². The van der Waals surface area contributed by atoms with Gasteiger partial charge < -0.3 is 10.1 Å². The third kappa shape index (κ3) is 7.66. The lowest BCUT2D eigenvalue weighted by Gasteiger charge is -2.12. The Kier molecular flexibility index (Phi) is 8.58. The van der Waals surface area contributed by atoms with Crippen LogP contribution in [0.15, 0.2) is 48.5 Å². The minimum atomic E-state index is -0.192. The highest BCUT2D eigenvalue weighted by Gasteiger charge is 2.04. The van der Waals surface area contributed by atoms with Gasteiger partial charge in [-0.25, -0.2) is 0 Å². The van der Waals surface area contributed by atoms with Crippen molar-refractivity contribution in [1.82, 2.24) is 10.9 Å². The van der Waals surface area contributed by atoms with Gasteiger partial charge >= 0.3 is 0 Å². The van der Waals surface area contributed by atoms with Gasteiger partial charge in [-0.15, -0.1) is 0 Å². The highest BCUT2D eigenvalue weighted by atomic mass is 32.1. The molecule has 0 aromatic heterocycles. The third-order valence-corrected chi connectivity index (χ3v) is 4.23. The molecule has 0 radical (unpaired) electrons. The van der Waals surface area contributed by atoms with Gasteiger partial charge in [0.15, 0.2) is 5.11 Å². The summed E-state index contributed by atoms with van der Waals surface area (Å²) in [7, 11) is 0. The van der Waals surface area contributed by atoms with E-state index in [-0.39, 0.29) is 12.3 Å². The average Bonchev–Trinajstić information content (AvgIpc) is 2.67. The summed E-state index contributed by atoms with van der Waals surface area (Å²) >= 11 is 5.20. The van der Waals surface area contributed by atoms with Gasteiger partial charge in [-0.3, -0.25) is 15.6 Å². The van der Waals surface area contributed by atoms with Gasteiger partial charge in [0.05, 0.1) is 13.0 Å². The number of unbranched alkanes of at least 4 members (excludes halogenated alkanes) is 1. The largest absolute Gasteiger partial charge is 0.493 e. The van der Waals surface area contributed by atoms with Crippen molar-refractivity contribution in [2.75, 3.05) is 11.9 Å². The second-order valence-corrected chi connectivity index (χ2v) is 6.70. The fraction of sp³-hybridized carbons (Fsp3) is 0.333. The van der Waals surface area contributed by atoms with Crippen LogP contribution in [0.3, 0.4) is 0 Å². The number of carbonyl (C=O) groups excluding carboxylic acids is 1. The van der Waals surface area contributed by atoms with Gasteiger partial charge in [0.2, 0.25) is 5.91 Å². The Morgan fingerprint density at radius 1 is 1.07 bits per heavy atom. The molecule has 0 saturated carbocycles. The van der Waals surface area contributed by atoms with Crippen molar-refractivity contribution in [2.45, 2.75) is 39.5 Å². The van der Waals surface area contributed by atoms with Crippen molar-refractivity contribution in [1.29, 1.82) is 0 Å². The fourth-order valence-corrected chi connectivity index (χ4v) is 2.63. The summed E-state index contributed by atoms with van der Waals surface area (Å²) in [6, 6.07) is 15.9. The third-order valence-electron chi connectivity index (χ3n) is 4.03. The van der Waals surface area contributed by atoms with Crippen LogP contribution in [0.25, 0.3) is 0 Å². The van der Waals surface area contributed by atoms with E-state index in [2.05, 4.69) is 35.2 Å². The van der Waals surface area contributed by atoms with E-state index in [0.29, 0.717) is 11.7 Å². The van der Waals surface area contributed by atoms with Crippen LogP contribution in [0.5, 0.6) is 5.75 Å². The molecule has 0 fully saturated rings. The number of anilines is 1. The number of hydrogen-bond acceptors (Lipinski definition) is 3. The number of aryl methyl sites for hydroxylation is 2. The molecule has 5 nitrogen and oxygen atoms in total. The predicted molar refractivity (Wildman–Crippen MR) is 114 cm³/mol. The van der Waals surface area contributed by atoms with Gasteiger partial charge in [-0.1, -0.05) is 43.7 Å². The number of thiocarbonyl (C=S) groups is 1. The molecule has 0 spiro atoms. The molecule has 0 bridgehead atoms. The predicted octanol–water partition coefficient (Wildman–Crippen LogP) is 4.12. The maximum Gasteiger partial charge on any atom is 0.241 e. The monoisotopic (exact) mass is 385 g/mol. The zero-order valence-corrected chi connectivity index (χ0v) is 16.7. The molecule has 0 unspecified atom stereocenters. The summed E-state index contributed by atoms with van der Waals surface area (Å²) in [5.74, 6) is 0.598. The van der Waals surface area contributed by atoms with Crippen LogP contribution in [-0.4, -0.2) is 17.6 Å². The van der Waals surface area contributed by atoms with E-state index in [9.17, 15) is 4.79 Å². The maximum atomic E-state index is 11.9. The standard InChI is InChI=1S/C21H27N3O2S/c1-3-4-8-17-10-12-18(13-11-17)22-21(27)24-23-20(25)14-15-26-19-9-6-5-7-16(19)2/h5-7,9-13H,3-4,8,14-15H2,1-2H3,(H,23,25)(H2,22,24,27). The minimum absolute atomic E-state index is 0.192. The molecule has 2 rings (SSSR count). The van der Waals surface area contributed by atoms with Crippen LogP contribution >= 0.6 is 12.2 Å². The molecule has 0 atom stereocenters. The number of carbonyl (C=O) groups is 1. The summed E-state index contributed by atoms with van der Waals surface area (Å²) in [4.78, 5) is 11.9. The van der Waals surface area contributed by atoms with Crippen LogP contribution in [-0.2, 0) is 11.2 Å². The van der Waals surface area contributed by atoms with E-state index >= 15 is 0 Å². The molecule has 0 aliphatic carbocycles. The zero-order valence-electron chi connectivity index (χ0n) is 15.9. The molecule has 1 amide bonds. The van der Waals surface area contributed by atoms with Crippen LogP contribution in [0.4, 0.5) is 5.69 Å². The van der Waals surface area contributed by atoms with Crippen molar-refractivity contribution in [3.63, 3.8) is 0 Å². The quantitative estimate of drug-likeness (QED) is 0.471. The second-order valence-electron chi connectivity index (χ2n) is 6.29. The van der Waals surface area contributed by atoms with E-state index in [0.717, 1.165) is 23.4 Å². The van der Waals surface area contributed by atoms with E-state index in [4.69, 9.17) is 17.0 Å². The van der Waals surface area contributed by atoms with Crippen LogP contribution < -0.4 is 20.9 Å². The van der Waals surface area contributed by atoms with Gasteiger partial charge in [0.25, 0.3) is 0 Å². The first-order valence-electron chi connectivity index (χ1n) is 9.21. The Labute approximate surface area is 166 Å². The number of ether oxygens (including phenoxy) is 1. The lowest BCUT2D eigenvalue weighted by molar-refractivity contribution is -0.122. The molecule has 27 heavy (non-hydrogen) atoms. The van der Waals surface area contributed by atoms with Gasteiger partial charge in [-0.05, 0) is 61.3 Å². The fourth-order valence-electron chi connectivity index (χ4n) is 2.46. The number of hydrogen-bond donors (Lipinski definition) is 3. The lowest BCUT2D eigenvalue weighted by Crippen LogP contribution is -2.44. The van der Waals surface area contributed by atoms with Crippen molar-refractivity contribution in [2.24, 2.45) is 0 Å². The molecule has 2 aromatic carbocycles. The van der Waals surface area contributed by atoms with Gasteiger partial charge in [-0.2, -0.15) is 0 Å². The summed E-state index contributed by atoms with van der Waals surface area (Å²) in [6.07, 6.45) is 3.69. The average molecular weight is 386 g/mol. The van der Waals surface area contributed by atoms with Gasteiger partial charge in [0, 0.05) is 5.69 Å². The highest BCUT2D eigenvalue weighted by Crippen LogP contribution is 2.16. The molecule has 144 valence electrons. The van der Waals surface area contributed by atoms with Crippen molar-refractivity contribution < 1.29 is 9.53 Å². The van der Waals surface area contributed by atoms with Crippen molar-refractivity contribution in [3.05, 3.63) is 59.7 Å². The van der Waals surface area contributed by atoms with Crippen molar-refractivity contribution in [3.8, 4) is 5.75 Å². The number of amides is 1. The number of para-hydroxylation sites is 1. The lowest BCUT2D eigenvalue weighted by atomic mass is 10.1. The van der Waals surface area contributed by atoms with E-state index in [1.807, 2.05) is 43.3 Å². The summed E-state index contributed by atoms with van der Waals surface area (Å²) in [6.45, 7) is 4.46. The minimum Gasteiger partial charge on any atom is -0.493 e. The number of hydrazine groups is 1. The van der Waals surface area contributed by atoms with Crippen molar-refractivity contribution >= 4 is 28.9 Å². The first kappa shape index (κ1) is 20.7. The molecule has 0 saturated heterocycles. The Morgan fingerprint density at radius 3 is 2.52 bits per heavy atom. The Hall–Kier alpha value is -2.60. The SMILES string of the molecule is CCCCc1ccc(NC(=S)NNC(=O)CCOc2ccccc2C)cc1. The summed E-state index contributed by atoms with van der Waals surface area (Å²) in [5, 5.41) is 3.38. The summed E-state index contributed by atoms with van der Waals surface area (Å²) < 4.78 is 5.61. The summed E-state index contributed by atoms with van der Waals surface area (Å²) in [5.41, 5.74) is 8.51. The second kappa shape index (κ2) is 11.2. The van der Waals surface area contributed by atoms with E-state index in [1.165, 1.54) is 18.4 Å². The number of rotatable bonds is 8. The zero-order chi connectivity index (χ0) is 19.5. The Morgan fingerprint density at radius 2 is 1.81 bits per heavy atom. The smallest absolute Gasteiger partial charge is 0.241 e. The van der Waals surface area contributed by atoms with Crippen LogP contribution in [0.1, 0.15) is 37.3 Å². The number of nitrogens with one attached hydrogen (secondary N) is 3. The Bertz CT molecular complexity index is 747. The molecule has 0 aliphatic rings. The Balaban J connectivity index is 1.65. The topological polar surface area (TPSA) is 62.4 Å². The van der Waals surface area contributed by atoms with Crippen LogP contribution in [0.2, 0.25) is 0 Å². The maximum absolute atomic E-state index is 11.9. The number of benzene rings is 2. The molecule has 6 heteroatoms. The normalized spacial score (nSPS) is 10.1. The first-order valence-corrected chi connectivity index (χ1v) is 9.62. The first-order chi connectivity index (χ1) is 13.1.